The molecule has 0 spiro atoms. The minimum Gasteiger partial charge on any atom is -0.489 e. The Kier molecular flexibility index (Phi) is 6.54. The van der Waals surface area contributed by atoms with Gasteiger partial charge in [-0.25, -0.2) is 4.79 Å². The van der Waals surface area contributed by atoms with Gasteiger partial charge in [-0.05, 0) is 30.7 Å². The van der Waals surface area contributed by atoms with E-state index in [2.05, 4.69) is 25.7 Å². The van der Waals surface area contributed by atoms with Gasteiger partial charge in [0.15, 0.2) is 6.26 Å². The van der Waals surface area contributed by atoms with E-state index in [1.807, 2.05) is 60.4 Å². The normalized spacial score (nSPS) is 10.5. The largest absolute Gasteiger partial charge is 0.512 e. The van der Waals surface area contributed by atoms with Crippen LogP contribution in [0, 0.1) is 0 Å². The van der Waals surface area contributed by atoms with E-state index in [1.54, 1.807) is 0 Å². The van der Waals surface area contributed by atoms with Gasteiger partial charge in [-0.3, -0.25) is 0 Å². The van der Waals surface area contributed by atoms with Gasteiger partial charge in [0.05, 0.1) is 6.54 Å². The van der Waals surface area contributed by atoms with Crippen molar-refractivity contribution < 1.29 is 23.8 Å². The lowest BCUT2D eigenvalue weighted by atomic mass is 10.2. The van der Waals surface area contributed by atoms with Gasteiger partial charge < -0.3 is 23.9 Å². The average molecular weight is 447 g/mol. The Hall–Kier alpha value is -3.00. The topological polar surface area (TPSA) is 85.0 Å². The van der Waals surface area contributed by atoms with Crippen molar-refractivity contribution in [1.29, 1.82) is 0 Å². The van der Waals surface area contributed by atoms with Crippen LogP contribution in [0.4, 0.5) is 10.8 Å². The molecule has 146 valence electrons. The number of hydrogen-bond donors (Lipinski definition) is 1. The van der Waals surface area contributed by atoms with Crippen LogP contribution in [0.15, 0.2) is 63.7 Å². The van der Waals surface area contributed by atoms with E-state index in [4.69, 9.17) is 14.3 Å². The summed E-state index contributed by atoms with van der Waals surface area (Å²) < 4.78 is 16.8. The Morgan fingerprint density at radius 2 is 2.04 bits per heavy atom. The summed E-state index contributed by atoms with van der Waals surface area (Å²) in [6.45, 7) is 3.46. The maximum atomic E-state index is 10.6. The molecule has 0 saturated carbocycles. The number of carbonyl (C=O) groups is 1. The number of rotatable bonds is 8. The monoisotopic (exact) mass is 446 g/mol. The smallest absolute Gasteiger partial charge is 0.489 e. The summed E-state index contributed by atoms with van der Waals surface area (Å²) in [5.41, 5.74) is 2.01. The standard InChI is InChI=1S/C20H19BrN2O5/c1-2-23(19-22-18(13-27-19)28-20(24)25)11-15-10-16(21)8-9-17(15)26-12-14-6-4-3-5-7-14/h3-10,13H,2,11-12H2,1H3,(H,24,25). The van der Waals surface area contributed by atoms with Crippen LogP contribution in [-0.4, -0.2) is 22.8 Å². The molecule has 3 aromatic rings. The van der Waals surface area contributed by atoms with Crippen molar-refractivity contribution >= 4 is 28.1 Å². The number of carboxylic acid groups (broad SMARTS) is 1. The van der Waals surface area contributed by atoms with Gasteiger partial charge in [0.25, 0.3) is 5.88 Å². The molecule has 3 rings (SSSR count). The van der Waals surface area contributed by atoms with Gasteiger partial charge in [0.2, 0.25) is 0 Å². The van der Waals surface area contributed by atoms with Crippen LogP contribution in [0.3, 0.4) is 0 Å². The molecule has 1 N–H and O–H groups in total. The van der Waals surface area contributed by atoms with Crippen LogP contribution in [0.25, 0.3) is 0 Å². The van der Waals surface area contributed by atoms with E-state index in [1.165, 1.54) is 6.26 Å². The molecule has 0 atom stereocenters. The molecule has 1 heterocycles. The third-order valence-electron chi connectivity index (χ3n) is 3.94. The fourth-order valence-electron chi connectivity index (χ4n) is 2.60. The van der Waals surface area contributed by atoms with Crippen LogP contribution in [0.2, 0.25) is 0 Å². The van der Waals surface area contributed by atoms with Gasteiger partial charge in [-0.1, -0.05) is 46.3 Å². The predicted octanol–water partition coefficient (Wildman–Crippen LogP) is 5.10. The zero-order valence-electron chi connectivity index (χ0n) is 15.2. The second-order valence-electron chi connectivity index (χ2n) is 5.88. The number of aromatic nitrogens is 1. The van der Waals surface area contributed by atoms with Gasteiger partial charge >= 0.3 is 12.2 Å². The van der Waals surface area contributed by atoms with Gasteiger partial charge in [0, 0.05) is 16.6 Å². The SMILES string of the molecule is CCN(Cc1cc(Br)ccc1OCc1ccccc1)c1nc(OC(=O)O)co1. The van der Waals surface area contributed by atoms with Crippen molar-refractivity contribution in [3.05, 3.63) is 70.4 Å². The van der Waals surface area contributed by atoms with Crippen LogP contribution >= 0.6 is 15.9 Å². The molecule has 1 aromatic heterocycles. The first-order chi connectivity index (χ1) is 13.5. The Balaban J connectivity index is 1.76. The number of oxazole rings is 1. The second-order valence-corrected chi connectivity index (χ2v) is 6.79. The lowest BCUT2D eigenvalue weighted by Crippen LogP contribution is -2.22. The molecular formula is C20H19BrN2O5. The Morgan fingerprint density at radius 1 is 1.25 bits per heavy atom. The minimum absolute atomic E-state index is 0.101. The van der Waals surface area contributed by atoms with Crippen molar-refractivity contribution in [3.8, 4) is 11.6 Å². The molecule has 28 heavy (non-hydrogen) atoms. The van der Waals surface area contributed by atoms with Crippen LogP contribution in [0.1, 0.15) is 18.1 Å². The summed E-state index contributed by atoms with van der Waals surface area (Å²) in [7, 11) is 0. The molecule has 7 nitrogen and oxygen atoms in total. The fraction of sp³-hybridized carbons (Fsp3) is 0.200. The lowest BCUT2D eigenvalue weighted by Gasteiger charge is -2.20. The molecule has 0 fully saturated rings. The minimum atomic E-state index is -1.44. The van der Waals surface area contributed by atoms with Crippen molar-refractivity contribution in [3.63, 3.8) is 0 Å². The van der Waals surface area contributed by atoms with Gasteiger partial charge in [-0.15, -0.1) is 0 Å². The van der Waals surface area contributed by atoms with Gasteiger partial charge in [-0.2, -0.15) is 4.98 Å². The van der Waals surface area contributed by atoms with Gasteiger partial charge in [0.1, 0.15) is 12.4 Å². The summed E-state index contributed by atoms with van der Waals surface area (Å²) in [5.74, 6) is 0.648. The van der Waals surface area contributed by atoms with Crippen molar-refractivity contribution in [2.45, 2.75) is 20.1 Å². The highest BCUT2D eigenvalue weighted by Crippen LogP contribution is 2.28. The number of ether oxygens (including phenoxy) is 2. The predicted molar refractivity (Wildman–Crippen MR) is 107 cm³/mol. The Morgan fingerprint density at radius 3 is 2.75 bits per heavy atom. The van der Waals surface area contributed by atoms with Crippen LogP contribution in [0.5, 0.6) is 11.6 Å². The molecular weight excluding hydrogens is 428 g/mol. The average Bonchev–Trinajstić information content (AvgIpc) is 3.13. The third kappa shape index (κ3) is 5.26. The zero-order valence-corrected chi connectivity index (χ0v) is 16.8. The van der Waals surface area contributed by atoms with Crippen molar-refractivity contribution in [2.24, 2.45) is 0 Å². The summed E-state index contributed by atoms with van der Waals surface area (Å²) in [6.07, 6.45) is -0.272. The fourth-order valence-corrected chi connectivity index (χ4v) is 3.01. The summed E-state index contributed by atoms with van der Waals surface area (Å²) in [4.78, 5) is 16.6. The molecule has 0 unspecified atom stereocenters. The van der Waals surface area contributed by atoms with Crippen LogP contribution < -0.4 is 14.4 Å². The second kappa shape index (κ2) is 9.27. The number of benzene rings is 2. The van der Waals surface area contributed by atoms with E-state index in [0.717, 1.165) is 21.3 Å². The molecule has 0 bridgehead atoms. The molecule has 0 amide bonds. The highest BCUT2D eigenvalue weighted by molar-refractivity contribution is 9.10. The molecule has 0 saturated heterocycles. The molecule has 2 aromatic carbocycles. The van der Waals surface area contributed by atoms with Crippen LogP contribution in [-0.2, 0) is 13.2 Å². The quantitative estimate of drug-likeness (QED) is 0.481. The summed E-state index contributed by atoms with van der Waals surface area (Å²) in [5, 5.41) is 8.69. The molecule has 0 aliphatic carbocycles. The number of halogens is 1. The van der Waals surface area contributed by atoms with E-state index in [0.29, 0.717) is 19.7 Å². The molecule has 0 aliphatic heterocycles. The number of hydrogen-bond acceptors (Lipinski definition) is 6. The zero-order chi connectivity index (χ0) is 19.9. The summed E-state index contributed by atoms with van der Waals surface area (Å²) in [6, 6.07) is 16.0. The number of anilines is 1. The lowest BCUT2D eigenvalue weighted by molar-refractivity contribution is 0.142. The molecule has 0 aliphatic rings. The highest BCUT2D eigenvalue weighted by atomic mass is 79.9. The summed E-state index contributed by atoms with van der Waals surface area (Å²) >= 11 is 3.49. The highest BCUT2D eigenvalue weighted by Gasteiger charge is 2.17. The molecule has 8 heteroatoms. The third-order valence-corrected chi connectivity index (χ3v) is 4.43. The van der Waals surface area contributed by atoms with E-state index >= 15 is 0 Å². The first-order valence-electron chi connectivity index (χ1n) is 8.61. The first-order valence-corrected chi connectivity index (χ1v) is 9.41. The van der Waals surface area contributed by atoms with E-state index < -0.39 is 6.16 Å². The van der Waals surface area contributed by atoms with E-state index in [9.17, 15) is 4.79 Å². The molecule has 0 radical (unpaired) electrons. The Labute approximate surface area is 170 Å². The maximum Gasteiger partial charge on any atom is 0.512 e. The van der Waals surface area contributed by atoms with E-state index in [-0.39, 0.29) is 11.9 Å². The first kappa shape index (κ1) is 19.8. The van der Waals surface area contributed by atoms with Crippen molar-refractivity contribution in [2.75, 3.05) is 11.4 Å². The Bertz CT molecular complexity index is 929. The van der Waals surface area contributed by atoms with Crippen molar-refractivity contribution in [1.82, 2.24) is 4.98 Å². The number of nitrogens with zero attached hydrogens (tertiary/aromatic N) is 2. The maximum absolute atomic E-state index is 10.6.